The normalized spacial score (nSPS) is 16.6. The van der Waals surface area contributed by atoms with Gasteiger partial charge in [0, 0.05) is 13.0 Å². The zero-order chi connectivity index (χ0) is 12.9. The second-order valence-corrected chi connectivity index (χ2v) is 5.56. The zero-order valence-corrected chi connectivity index (χ0v) is 12.0. The van der Waals surface area contributed by atoms with Crippen LogP contribution < -0.4 is 0 Å². The van der Waals surface area contributed by atoms with Crippen LogP contribution in [-0.2, 0) is 4.74 Å². The summed E-state index contributed by atoms with van der Waals surface area (Å²) in [5.74, 6) is 2.70. The number of rotatable bonds is 10. The molecule has 0 aromatic rings. The molecule has 0 atom stereocenters. The second-order valence-electron chi connectivity index (χ2n) is 5.56. The summed E-state index contributed by atoms with van der Waals surface area (Å²) in [5.41, 5.74) is 0. The lowest BCUT2D eigenvalue weighted by Gasteiger charge is -2.21. The molecule has 1 nitrogen and oxygen atoms in total. The Hall–Kier alpha value is -0.480. The van der Waals surface area contributed by atoms with Crippen molar-refractivity contribution >= 4 is 0 Å². The molecule has 1 rings (SSSR count). The lowest BCUT2D eigenvalue weighted by atomic mass is 9.98. The van der Waals surface area contributed by atoms with Crippen molar-refractivity contribution < 1.29 is 4.74 Å². The number of unbranched alkanes of at least 4 members (excludes halogenated alkanes) is 7. The van der Waals surface area contributed by atoms with Crippen molar-refractivity contribution in [2.75, 3.05) is 6.61 Å². The van der Waals surface area contributed by atoms with Crippen LogP contribution in [0.25, 0.3) is 0 Å². The molecule has 0 aromatic heterocycles. The molecule has 1 fully saturated rings. The van der Waals surface area contributed by atoms with Crippen LogP contribution in [0.2, 0.25) is 0 Å². The van der Waals surface area contributed by atoms with E-state index in [4.69, 9.17) is 11.2 Å². The van der Waals surface area contributed by atoms with Gasteiger partial charge in [-0.05, 0) is 25.7 Å². The smallest absolute Gasteiger partial charge is 0.0575 e. The van der Waals surface area contributed by atoms with E-state index in [1.165, 1.54) is 77.0 Å². The van der Waals surface area contributed by atoms with Crippen LogP contribution in [0.5, 0.6) is 0 Å². The maximum Gasteiger partial charge on any atom is 0.0575 e. The number of terminal acetylenes is 1. The van der Waals surface area contributed by atoms with Crippen molar-refractivity contribution in [2.24, 2.45) is 0 Å². The topological polar surface area (TPSA) is 9.23 Å². The number of hydrogen-bond donors (Lipinski definition) is 0. The van der Waals surface area contributed by atoms with Gasteiger partial charge in [0.25, 0.3) is 0 Å². The Morgan fingerprint density at radius 1 is 0.833 bits per heavy atom. The molecule has 0 heterocycles. The molecule has 0 aliphatic heterocycles. The van der Waals surface area contributed by atoms with Crippen LogP contribution in [0.15, 0.2) is 0 Å². The van der Waals surface area contributed by atoms with E-state index in [1.54, 1.807) is 0 Å². The molecule has 1 aliphatic rings. The van der Waals surface area contributed by atoms with Crippen LogP contribution in [0.4, 0.5) is 0 Å². The van der Waals surface area contributed by atoms with Crippen LogP contribution in [0.3, 0.4) is 0 Å². The fourth-order valence-electron chi connectivity index (χ4n) is 2.69. The van der Waals surface area contributed by atoms with Gasteiger partial charge in [0.15, 0.2) is 0 Å². The lowest BCUT2D eigenvalue weighted by Crippen LogP contribution is -2.17. The molecule has 18 heavy (non-hydrogen) atoms. The Bertz CT molecular complexity index is 210. The van der Waals surface area contributed by atoms with Crippen molar-refractivity contribution in [3.05, 3.63) is 0 Å². The average Bonchev–Trinajstić information content (AvgIpc) is 2.42. The van der Waals surface area contributed by atoms with E-state index in [1.807, 2.05) is 0 Å². The van der Waals surface area contributed by atoms with Gasteiger partial charge in [-0.1, -0.05) is 51.4 Å². The number of ether oxygens (including phenoxy) is 1. The molecule has 0 bridgehead atoms. The summed E-state index contributed by atoms with van der Waals surface area (Å²) in [6.45, 7) is 0.988. The first kappa shape index (κ1) is 15.6. The summed E-state index contributed by atoms with van der Waals surface area (Å²) in [6.07, 6.45) is 22.7. The van der Waals surface area contributed by atoms with Gasteiger partial charge in [-0.3, -0.25) is 0 Å². The first-order valence-electron chi connectivity index (χ1n) is 7.98. The second kappa shape index (κ2) is 11.6. The van der Waals surface area contributed by atoms with Crippen molar-refractivity contribution in [1.82, 2.24) is 0 Å². The Balaban J connectivity index is 1.74. The molecule has 0 unspecified atom stereocenters. The van der Waals surface area contributed by atoms with E-state index < -0.39 is 0 Å². The largest absolute Gasteiger partial charge is 0.378 e. The SMILES string of the molecule is C#CCCCCCCCCCOC1CCCCC1. The maximum atomic E-state index is 5.92. The van der Waals surface area contributed by atoms with Crippen molar-refractivity contribution in [3.63, 3.8) is 0 Å². The molecular weight excluding hydrogens is 220 g/mol. The van der Waals surface area contributed by atoms with Crippen molar-refractivity contribution in [1.29, 1.82) is 0 Å². The van der Waals surface area contributed by atoms with Crippen LogP contribution in [-0.4, -0.2) is 12.7 Å². The third-order valence-corrected chi connectivity index (χ3v) is 3.87. The monoisotopic (exact) mass is 250 g/mol. The van der Waals surface area contributed by atoms with Gasteiger partial charge < -0.3 is 4.74 Å². The van der Waals surface area contributed by atoms with Gasteiger partial charge in [0.05, 0.1) is 6.10 Å². The Labute approximate surface area is 114 Å². The maximum absolute atomic E-state index is 5.92. The summed E-state index contributed by atoms with van der Waals surface area (Å²) < 4.78 is 5.92. The minimum Gasteiger partial charge on any atom is -0.378 e. The van der Waals surface area contributed by atoms with E-state index in [2.05, 4.69) is 5.92 Å². The van der Waals surface area contributed by atoms with Crippen molar-refractivity contribution in [3.8, 4) is 12.3 Å². The highest BCUT2D eigenvalue weighted by molar-refractivity contribution is 4.82. The lowest BCUT2D eigenvalue weighted by molar-refractivity contribution is 0.0263. The van der Waals surface area contributed by atoms with E-state index in [9.17, 15) is 0 Å². The molecule has 1 saturated carbocycles. The summed E-state index contributed by atoms with van der Waals surface area (Å²) in [6, 6.07) is 0. The third-order valence-electron chi connectivity index (χ3n) is 3.87. The summed E-state index contributed by atoms with van der Waals surface area (Å²) in [5, 5.41) is 0. The molecule has 0 radical (unpaired) electrons. The van der Waals surface area contributed by atoms with Gasteiger partial charge in [-0.25, -0.2) is 0 Å². The fraction of sp³-hybridized carbons (Fsp3) is 0.882. The van der Waals surface area contributed by atoms with E-state index in [-0.39, 0.29) is 0 Å². The first-order chi connectivity index (χ1) is 8.93. The molecule has 0 amide bonds. The Kier molecular flexibility index (Phi) is 10.0. The summed E-state index contributed by atoms with van der Waals surface area (Å²) in [4.78, 5) is 0. The fourth-order valence-corrected chi connectivity index (χ4v) is 2.69. The predicted octanol–water partition coefficient (Wildman–Crippen LogP) is 5.09. The van der Waals surface area contributed by atoms with Crippen LogP contribution in [0, 0.1) is 12.3 Å². The number of hydrogen-bond acceptors (Lipinski definition) is 1. The highest BCUT2D eigenvalue weighted by atomic mass is 16.5. The van der Waals surface area contributed by atoms with Crippen LogP contribution >= 0.6 is 0 Å². The minimum absolute atomic E-state index is 0.586. The van der Waals surface area contributed by atoms with Gasteiger partial charge >= 0.3 is 0 Å². The predicted molar refractivity (Wildman–Crippen MR) is 78.6 cm³/mol. The van der Waals surface area contributed by atoms with E-state index in [0.29, 0.717) is 6.10 Å². The highest BCUT2D eigenvalue weighted by Crippen LogP contribution is 2.20. The van der Waals surface area contributed by atoms with E-state index >= 15 is 0 Å². The molecule has 1 heteroatoms. The Morgan fingerprint density at radius 2 is 1.44 bits per heavy atom. The molecular formula is C17H30O. The average molecular weight is 250 g/mol. The van der Waals surface area contributed by atoms with Crippen molar-refractivity contribution in [2.45, 2.75) is 89.6 Å². The molecule has 0 saturated heterocycles. The van der Waals surface area contributed by atoms with Gasteiger partial charge in [0.2, 0.25) is 0 Å². The third kappa shape index (κ3) is 8.59. The van der Waals surface area contributed by atoms with Gasteiger partial charge in [-0.15, -0.1) is 12.3 Å². The molecule has 104 valence electrons. The van der Waals surface area contributed by atoms with Gasteiger partial charge in [-0.2, -0.15) is 0 Å². The highest BCUT2D eigenvalue weighted by Gasteiger charge is 2.12. The standard InChI is InChI=1S/C17H30O/c1-2-3-4-5-6-7-8-9-13-16-18-17-14-11-10-12-15-17/h1,17H,3-16H2. The zero-order valence-electron chi connectivity index (χ0n) is 12.0. The summed E-state index contributed by atoms with van der Waals surface area (Å²) in [7, 11) is 0. The minimum atomic E-state index is 0.586. The van der Waals surface area contributed by atoms with Gasteiger partial charge in [0.1, 0.15) is 0 Å². The molecule has 0 N–H and O–H groups in total. The van der Waals surface area contributed by atoms with Crippen LogP contribution in [0.1, 0.15) is 83.5 Å². The van der Waals surface area contributed by atoms with E-state index in [0.717, 1.165) is 13.0 Å². The molecule has 1 aliphatic carbocycles. The Morgan fingerprint density at radius 3 is 2.11 bits per heavy atom. The first-order valence-corrected chi connectivity index (χ1v) is 7.98. The molecule has 0 aromatic carbocycles. The summed E-state index contributed by atoms with van der Waals surface area (Å²) >= 11 is 0. The molecule has 0 spiro atoms. The quantitative estimate of drug-likeness (QED) is 0.387.